The predicted molar refractivity (Wildman–Crippen MR) is 100 cm³/mol. The van der Waals surface area contributed by atoms with Crippen LogP contribution in [0.15, 0.2) is 30.5 Å². The minimum Gasteiger partial charge on any atom is -0.345 e. The van der Waals surface area contributed by atoms with Gasteiger partial charge in [-0.15, -0.1) is 0 Å². The summed E-state index contributed by atoms with van der Waals surface area (Å²) in [7, 11) is 1.80. The smallest absolute Gasteiger partial charge is 0.272 e. The maximum atomic E-state index is 12.6. The number of nitrogens with zero attached hydrogens (tertiary/aromatic N) is 5. The summed E-state index contributed by atoms with van der Waals surface area (Å²) < 4.78 is 2.87. The molecule has 0 spiro atoms. The minimum atomic E-state index is 0.0530. The zero-order chi connectivity index (χ0) is 17.4. The van der Waals surface area contributed by atoms with Crippen LogP contribution in [0.2, 0.25) is 0 Å². The number of fused-ring (bicyclic) bond motifs is 1. The van der Waals surface area contributed by atoms with E-state index in [2.05, 4.69) is 35.1 Å². The second-order valence-corrected chi connectivity index (χ2v) is 7.24. The molecule has 0 unspecified atom stereocenters. The van der Waals surface area contributed by atoms with Gasteiger partial charge >= 0.3 is 0 Å². The number of aromatic nitrogens is 3. The van der Waals surface area contributed by atoms with Gasteiger partial charge in [0.1, 0.15) is 5.69 Å². The van der Waals surface area contributed by atoms with Crippen LogP contribution < -0.4 is 4.90 Å². The summed E-state index contributed by atoms with van der Waals surface area (Å²) in [4.78, 5) is 21.6. The molecule has 0 saturated carbocycles. The van der Waals surface area contributed by atoms with Crippen LogP contribution in [0.1, 0.15) is 23.0 Å². The molecule has 0 aliphatic carbocycles. The Morgan fingerprint density at radius 3 is 2.68 bits per heavy atom. The van der Waals surface area contributed by atoms with Gasteiger partial charge in [-0.3, -0.25) is 9.48 Å². The maximum Gasteiger partial charge on any atom is 0.272 e. The topological polar surface area (TPSA) is 54.3 Å². The van der Waals surface area contributed by atoms with E-state index in [0.717, 1.165) is 30.2 Å². The molecule has 25 heavy (non-hydrogen) atoms. The van der Waals surface area contributed by atoms with Gasteiger partial charge in [0.05, 0.1) is 10.2 Å². The van der Waals surface area contributed by atoms with Gasteiger partial charge in [0, 0.05) is 39.4 Å². The van der Waals surface area contributed by atoms with E-state index in [-0.39, 0.29) is 5.91 Å². The normalized spacial score (nSPS) is 15.1. The van der Waals surface area contributed by atoms with Gasteiger partial charge in [-0.2, -0.15) is 5.10 Å². The number of para-hydroxylation sites is 1. The standard InChI is InChI=1S/C18H21N5OS/c1-3-13-5-4-6-15-16(13)20-18(25-15)23-11-9-22(10-12-23)17(24)14-7-8-19-21(14)2/h4-8H,3,9-12H2,1-2H3. The van der Waals surface area contributed by atoms with E-state index in [1.807, 2.05) is 4.90 Å². The second kappa shape index (κ2) is 6.48. The Labute approximate surface area is 150 Å². The highest BCUT2D eigenvalue weighted by Gasteiger charge is 2.25. The van der Waals surface area contributed by atoms with Crippen LogP contribution in [0, 0.1) is 0 Å². The lowest BCUT2D eigenvalue weighted by atomic mass is 10.1. The van der Waals surface area contributed by atoms with Crippen molar-refractivity contribution in [2.24, 2.45) is 7.05 Å². The fourth-order valence-corrected chi connectivity index (χ4v) is 4.33. The van der Waals surface area contributed by atoms with Crippen molar-refractivity contribution in [3.63, 3.8) is 0 Å². The molecule has 130 valence electrons. The third-order valence-electron chi connectivity index (χ3n) is 4.75. The van der Waals surface area contributed by atoms with Crippen molar-refractivity contribution in [2.75, 3.05) is 31.1 Å². The molecule has 3 aromatic rings. The third-order valence-corrected chi connectivity index (χ3v) is 5.83. The first-order valence-electron chi connectivity index (χ1n) is 8.58. The Morgan fingerprint density at radius 1 is 1.20 bits per heavy atom. The zero-order valence-corrected chi connectivity index (χ0v) is 15.3. The molecule has 1 fully saturated rings. The lowest BCUT2D eigenvalue weighted by Crippen LogP contribution is -2.49. The summed E-state index contributed by atoms with van der Waals surface area (Å²) in [5, 5.41) is 5.14. The number of piperazine rings is 1. The Morgan fingerprint density at radius 2 is 2.00 bits per heavy atom. The molecule has 1 aliphatic heterocycles. The highest BCUT2D eigenvalue weighted by molar-refractivity contribution is 7.22. The Hall–Kier alpha value is -2.41. The molecule has 1 amide bonds. The zero-order valence-electron chi connectivity index (χ0n) is 14.5. The van der Waals surface area contributed by atoms with Crippen LogP contribution in [-0.2, 0) is 13.5 Å². The molecule has 0 radical (unpaired) electrons. The Balaban J connectivity index is 1.49. The summed E-state index contributed by atoms with van der Waals surface area (Å²) >= 11 is 1.74. The van der Waals surface area contributed by atoms with Crippen LogP contribution >= 0.6 is 11.3 Å². The van der Waals surface area contributed by atoms with Crippen LogP contribution in [0.4, 0.5) is 5.13 Å². The number of carbonyl (C=O) groups is 1. The van der Waals surface area contributed by atoms with Crippen molar-refractivity contribution in [1.82, 2.24) is 19.7 Å². The predicted octanol–water partition coefficient (Wildman–Crippen LogP) is 2.55. The van der Waals surface area contributed by atoms with E-state index >= 15 is 0 Å². The summed E-state index contributed by atoms with van der Waals surface area (Å²) in [6.07, 6.45) is 2.66. The van der Waals surface area contributed by atoms with Gasteiger partial charge in [-0.25, -0.2) is 4.98 Å². The average molecular weight is 355 g/mol. The molecule has 6 nitrogen and oxygen atoms in total. The molecule has 4 rings (SSSR count). The van der Waals surface area contributed by atoms with Gasteiger partial charge in [0.2, 0.25) is 0 Å². The van der Waals surface area contributed by atoms with Gasteiger partial charge in [0.15, 0.2) is 5.13 Å². The monoisotopic (exact) mass is 355 g/mol. The molecule has 2 aromatic heterocycles. The van der Waals surface area contributed by atoms with Crippen molar-refractivity contribution >= 4 is 32.6 Å². The van der Waals surface area contributed by atoms with Gasteiger partial charge < -0.3 is 9.80 Å². The number of aryl methyl sites for hydroxylation is 2. The minimum absolute atomic E-state index is 0.0530. The average Bonchev–Trinajstić information content (AvgIpc) is 3.27. The van der Waals surface area contributed by atoms with E-state index in [4.69, 9.17) is 4.98 Å². The van der Waals surface area contributed by atoms with E-state index < -0.39 is 0 Å². The molecular formula is C18H21N5OS. The molecule has 0 N–H and O–H groups in total. The molecule has 1 aromatic carbocycles. The van der Waals surface area contributed by atoms with E-state index in [1.54, 1.807) is 35.3 Å². The molecule has 3 heterocycles. The molecule has 0 atom stereocenters. The SMILES string of the molecule is CCc1cccc2sc(N3CCN(C(=O)c4ccnn4C)CC3)nc12. The van der Waals surface area contributed by atoms with Crippen LogP contribution in [0.3, 0.4) is 0 Å². The number of thiazole rings is 1. The van der Waals surface area contributed by atoms with Gasteiger partial charge in [0.25, 0.3) is 5.91 Å². The fourth-order valence-electron chi connectivity index (χ4n) is 3.26. The van der Waals surface area contributed by atoms with Crippen LogP contribution in [0.5, 0.6) is 0 Å². The Bertz CT molecular complexity index is 907. The number of rotatable bonds is 3. The quantitative estimate of drug-likeness (QED) is 0.725. The van der Waals surface area contributed by atoms with E-state index in [0.29, 0.717) is 18.8 Å². The number of amides is 1. The summed E-state index contributed by atoms with van der Waals surface area (Å²) in [5.74, 6) is 0.0530. The number of anilines is 1. The Kier molecular flexibility index (Phi) is 4.17. The number of hydrogen-bond acceptors (Lipinski definition) is 5. The fraction of sp³-hybridized carbons (Fsp3) is 0.389. The number of hydrogen-bond donors (Lipinski definition) is 0. The van der Waals surface area contributed by atoms with E-state index in [1.165, 1.54) is 10.3 Å². The summed E-state index contributed by atoms with van der Waals surface area (Å²) in [6, 6.07) is 8.16. The molecule has 7 heteroatoms. The number of benzene rings is 1. The highest BCUT2D eigenvalue weighted by atomic mass is 32.1. The van der Waals surface area contributed by atoms with Gasteiger partial charge in [-0.05, 0) is 24.1 Å². The lowest BCUT2D eigenvalue weighted by Gasteiger charge is -2.34. The largest absolute Gasteiger partial charge is 0.345 e. The van der Waals surface area contributed by atoms with Crippen molar-refractivity contribution in [1.29, 1.82) is 0 Å². The first-order valence-corrected chi connectivity index (χ1v) is 9.39. The second-order valence-electron chi connectivity index (χ2n) is 6.23. The molecular weight excluding hydrogens is 334 g/mol. The first kappa shape index (κ1) is 16.1. The third kappa shape index (κ3) is 2.89. The number of carbonyl (C=O) groups excluding carboxylic acids is 1. The van der Waals surface area contributed by atoms with Crippen molar-refractivity contribution in [2.45, 2.75) is 13.3 Å². The van der Waals surface area contributed by atoms with Crippen LogP contribution in [-0.4, -0.2) is 51.8 Å². The highest BCUT2D eigenvalue weighted by Crippen LogP contribution is 2.31. The maximum absolute atomic E-state index is 12.6. The molecule has 1 aliphatic rings. The van der Waals surface area contributed by atoms with Gasteiger partial charge in [-0.1, -0.05) is 30.4 Å². The summed E-state index contributed by atoms with van der Waals surface area (Å²) in [6.45, 7) is 5.20. The molecule has 0 bridgehead atoms. The van der Waals surface area contributed by atoms with Crippen LogP contribution in [0.25, 0.3) is 10.2 Å². The lowest BCUT2D eigenvalue weighted by molar-refractivity contribution is 0.0735. The van der Waals surface area contributed by atoms with Crippen molar-refractivity contribution in [3.05, 3.63) is 41.7 Å². The van der Waals surface area contributed by atoms with Crippen molar-refractivity contribution in [3.8, 4) is 0 Å². The van der Waals surface area contributed by atoms with Crippen molar-refractivity contribution < 1.29 is 4.79 Å². The first-order chi connectivity index (χ1) is 12.2. The van der Waals surface area contributed by atoms with E-state index in [9.17, 15) is 4.79 Å². The summed E-state index contributed by atoms with van der Waals surface area (Å²) in [5.41, 5.74) is 3.06. The molecule has 1 saturated heterocycles.